The predicted molar refractivity (Wildman–Crippen MR) is 69.9 cm³/mol. The van der Waals surface area contributed by atoms with Gasteiger partial charge in [0, 0.05) is 17.1 Å². The molecule has 0 amide bonds. The van der Waals surface area contributed by atoms with Crippen molar-refractivity contribution in [2.75, 3.05) is 6.61 Å². The lowest BCUT2D eigenvalue weighted by Gasteiger charge is -2.21. The summed E-state index contributed by atoms with van der Waals surface area (Å²) < 4.78 is 0. The van der Waals surface area contributed by atoms with Crippen LogP contribution in [0.3, 0.4) is 0 Å². The highest BCUT2D eigenvalue weighted by atomic mass is 32.1. The van der Waals surface area contributed by atoms with Gasteiger partial charge in [0.25, 0.3) is 0 Å². The molecule has 0 spiro atoms. The van der Waals surface area contributed by atoms with Gasteiger partial charge >= 0.3 is 0 Å². The monoisotopic (exact) mass is 248 g/mol. The lowest BCUT2D eigenvalue weighted by Crippen LogP contribution is -2.26. The maximum Gasteiger partial charge on any atom is 0.0794 e. The van der Waals surface area contributed by atoms with Crippen molar-refractivity contribution in [2.24, 2.45) is 0 Å². The predicted octanol–water partition coefficient (Wildman–Crippen LogP) is 2.53. The molecule has 0 radical (unpaired) electrons. The Morgan fingerprint density at radius 3 is 2.71 bits per heavy atom. The van der Waals surface area contributed by atoms with Crippen molar-refractivity contribution in [1.29, 1.82) is 0 Å². The minimum Gasteiger partial charge on any atom is -0.394 e. The lowest BCUT2D eigenvalue weighted by molar-refractivity contribution is 0.236. The zero-order valence-corrected chi connectivity index (χ0v) is 10.5. The van der Waals surface area contributed by atoms with Crippen LogP contribution in [0.1, 0.15) is 29.4 Å². The number of benzene rings is 1. The molecule has 2 atom stereocenters. The molecule has 90 valence electrons. The fourth-order valence-corrected chi connectivity index (χ4v) is 2.40. The molecule has 0 fully saturated rings. The minimum absolute atomic E-state index is 0.0340. The molecule has 2 aromatic rings. The van der Waals surface area contributed by atoms with Gasteiger partial charge in [-0.3, -0.25) is 4.98 Å². The molecule has 2 rings (SSSR count). The van der Waals surface area contributed by atoms with E-state index in [1.54, 1.807) is 11.3 Å². The van der Waals surface area contributed by atoms with E-state index < -0.39 is 0 Å². The van der Waals surface area contributed by atoms with E-state index in [4.69, 9.17) is 0 Å². The number of aromatic nitrogens is 1. The number of nitrogens with zero attached hydrogens (tertiary/aromatic N) is 1. The molecule has 0 aliphatic rings. The van der Waals surface area contributed by atoms with Crippen LogP contribution in [-0.2, 0) is 0 Å². The highest BCUT2D eigenvalue weighted by molar-refractivity contribution is 7.09. The molecule has 0 bridgehead atoms. The largest absolute Gasteiger partial charge is 0.394 e. The first-order chi connectivity index (χ1) is 8.31. The van der Waals surface area contributed by atoms with Gasteiger partial charge in [0.1, 0.15) is 0 Å². The van der Waals surface area contributed by atoms with E-state index in [0.717, 1.165) is 5.56 Å². The molecule has 0 aliphatic carbocycles. The number of thiazole rings is 1. The average Bonchev–Trinajstić information content (AvgIpc) is 2.90. The Morgan fingerprint density at radius 1 is 1.35 bits per heavy atom. The van der Waals surface area contributed by atoms with Gasteiger partial charge in [-0.25, -0.2) is 0 Å². The zero-order chi connectivity index (χ0) is 12.1. The van der Waals surface area contributed by atoms with Crippen LogP contribution in [-0.4, -0.2) is 16.7 Å². The summed E-state index contributed by atoms with van der Waals surface area (Å²) in [5.41, 5.74) is 2.93. The van der Waals surface area contributed by atoms with E-state index in [0.29, 0.717) is 0 Å². The van der Waals surface area contributed by atoms with Gasteiger partial charge in [-0.2, -0.15) is 0 Å². The number of aliphatic hydroxyl groups is 1. The summed E-state index contributed by atoms with van der Waals surface area (Å²) in [6.45, 7) is 2.17. The molecule has 1 aromatic heterocycles. The summed E-state index contributed by atoms with van der Waals surface area (Å²) in [7, 11) is 0. The highest BCUT2D eigenvalue weighted by Gasteiger charge is 2.14. The lowest BCUT2D eigenvalue weighted by atomic mass is 10.1. The Hall–Kier alpha value is -1.23. The van der Waals surface area contributed by atoms with E-state index in [1.807, 2.05) is 42.0 Å². The third-order valence-corrected chi connectivity index (χ3v) is 3.67. The molecule has 0 saturated carbocycles. The summed E-state index contributed by atoms with van der Waals surface area (Å²) >= 11 is 1.62. The van der Waals surface area contributed by atoms with Crippen LogP contribution in [0.4, 0.5) is 0 Å². The first kappa shape index (κ1) is 12.2. The van der Waals surface area contributed by atoms with Crippen molar-refractivity contribution in [2.45, 2.75) is 19.0 Å². The van der Waals surface area contributed by atoms with Crippen LogP contribution in [0.5, 0.6) is 0 Å². The topological polar surface area (TPSA) is 45.1 Å². The van der Waals surface area contributed by atoms with E-state index >= 15 is 0 Å². The van der Waals surface area contributed by atoms with Crippen molar-refractivity contribution in [3.8, 4) is 0 Å². The summed E-state index contributed by atoms with van der Waals surface area (Å²) in [5, 5.41) is 12.9. The number of hydrogen-bond donors (Lipinski definition) is 2. The van der Waals surface area contributed by atoms with Gasteiger partial charge in [0.2, 0.25) is 0 Å². The maximum atomic E-state index is 9.45. The van der Waals surface area contributed by atoms with Gasteiger partial charge in [-0.1, -0.05) is 30.3 Å². The molecule has 17 heavy (non-hydrogen) atoms. The molecule has 1 heterocycles. The normalized spacial score (nSPS) is 14.5. The fraction of sp³-hybridized carbons (Fsp3) is 0.308. The van der Waals surface area contributed by atoms with Crippen LogP contribution in [0.25, 0.3) is 0 Å². The second-order valence-electron chi connectivity index (χ2n) is 3.94. The van der Waals surface area contributed by atoms with E-state index in [9.17, 15) is 5.11 Å². The molecule has 1 aromatic carbocycles. The van der Waals surface area contributed by atoms with Crippen LogP contribution in [0, 0.1) is 0 Å². The van der Waals surface area contributed by atoms with Crippen molar-refractivity contribution >= 4 is 11.3 Å². The number of hydrogen-bond acceptors (Lipinski definition) is 4. The third-order valence-electron chi connectivity index (χ3n) is 2.71. The summed E-state index contributed by atoms with van der Waals surface area (Å²) in [6, 6.07) is 10.1. The van der Waals surface area contributed by atoms with Crippen molar-refractivity contribution < 1.29 is 5.11 Å². The second-order valence-corrected chi connectivity index (χ2v) is 4.86. The summed E-state index contributed by atoms with van der Waals surface area (Å²) in [5.74, 6) is 0. The average molecular weight is 248 g/mol. The molecule has 0 saturated heterocycles. The second kappa shape index (κ2) is 5.91. The number of rotatable bonds is 5. The molecule has 0 aliphatic heterocycles. The Kier molecular flexibility index (Phi) is 4.25. The van der Waals surface area contributed by atoms with Gasteiger partial charge in [0.15, 0.2) is 0 Å². The Bertz CT molecular complexity index is 430. The minimum atomic E-state index is -0.0340. The quantitative estimate of drug-likeness (QED) is 0.854. The van der Waals surface area contributed by atoms with E-state index in [2.05, 4.69) is 17.2 Å². The van der Waals surface area contributed by atoms with Crippen molar-refractivity contribution in [1.82, 2.24) is 10.3 Å². The number of nitrogens with one attached hydrogen (secondary N) is 1. The van der Waals surface area contributed by atoms with E-state index in [1.165, 1.54) is 4.88 Å². The zero-order valence-electron chi connectivity index (χ0n) is 9.71. The molecule has 1 unspecified atom stereocenters. The van der Waals surface area contributed by atoms with Gasteiger partial charge in [-0.05, 0) is 12.5 Å². The third kappa shape index (κ3) is 3.12. The number of aliphatic hydroxyl groups excluding tert-OH is 1. The molecule has 2 N–H and O–H groups in total. The fourth-order valence-electron chi connectivity index (χ4n) is 1.76. The smallest absolute Gasteiger partial charge is 0.0794 e. The van der Waals surface area contributed by atoms with Gasteiger partial charge < -0.3 is 10.4 Å². The van der Waals surface area contributed by atoms with Crippen LogP contribution < -0.4 is 5.32 Å². The van der Waals surface area contributed by atoms with Crippen LogP contribution >= 0.6 is 11.3 Å². The first-order valence-corrected chi connectivity index (χ1v) is 6.49. The highest BCUT2D eigenvalue weighted by Crippen LogP contribution is 2.21. The van der Waals surface area contributed by atoms with Gasteiger partial charge in [0.05, 0.1) is 18.2 Å². The van der Waals surface area contributed by atoms with E-state index in [-0.39, 0.29) is 18.7 Å². The standard InChI is InChI=1S/C13H16N2OS/c1-10(13-7-14-9-17-13)15-12(8-16)11-5-3-2-4-6-11/h2-7,9-10,12,15-16H,8H2,1H3/t10?,12-/m0/s1. The SMILES string of the molecule is CC(N[C@@H](CO)c1ccccc1)c1cncs1. The Labute approximate surface area is 105 Å². The molecular formula is C13H16N2OS. The molecule has 3 nitrogen and oxygen atoms in total. The molecule has 4 heteroatoms. The maximum absolute atomic E-state index is 9.45. The van der Waals surface area contributed by atoms with Gasteiger partial charge in [-0.15, -0.1) is 11.3 Å². The van der Waals surface area contributed by atoms with Crippen LogP contribution in [0.2, 0.25) is 0 Å². The Morgan fingerprint density at radius 2 is 2.12 bits per heavy atom. The summed E-state index contributed by atoms with van der Waals surface area (Å²) in [4.78, 5) is 5.25. The molecular weight excluding hydrogens is 232 g/mol. The Balaban J connectivity index is 2.06. The first-order valence-electron chi connectivity index (χ1n) is 5.61. The van der Waals surface area contributed by atoms with Crippen molar-refractivity contribution in [3.63, 3.8) is 0 Å². The van der Waals surface area contributed by atoms with Crippen molar-refractivity contribution in [3.05, 3.63) is 52.5 Å². The summed E-state index contributed by atoms with van der Waals surface area (Å²) in [6.07, 6.45) is 1.86. The van der Waals surface area contributed by atoms with Crippen LogP contribution in [0.15, 0.2) is 42.0 Å².